The first-order valence-corrected chi connectivity index (χ1v) is 11.3. The average molecular weight is 454 g/mol. The highest BCUT2D eigenvalue weighted by Crippen LogP contribution is 2.28. The van der Waals surface area contributed by atoms with Crippen LogP contribution in [0.5, 0.6) is 0 Å². The molecule has 0 heterocycles. The fraction of sp³-hybridized carbons (Fsp3) is 0.400. The zero-order valence-corrected chi connectivity index (χ0v) is 19.0. The number of carbonyl (C=O) groups is 2. The van der Waals surface area contributed by atoms with E-state index in [0.717, 1.165) is 17.5 Å². The summed E-state index contributed by atoms with van der Waals surface area (Å²) in [6.07, 6.45) is 2.89. The van der Waals surface area contributed by atoms with E-state index in [1.54, 1.807) is 4.90 Å². The highest BCUT2D eigenvalue weighted by Gasteiger charge is 2.33. The lowest BCUT2D eigenvalue weighted by molar-refractivity contribution is -0.140. The molecule has 8 nitrogen and oxygen atoms in total. The second-order valence-corrected chi connectivity index (χ2v) is 7.94. The smallest absolute Gasteiger partial charge is 0.240 e. The van der Waals surface area contributed by atoms with Crippen LogP contribution >= 0.6 is 0 Å². The van der Waals surface area contributed by atoms with Crippen molar-refractivity contribution >= 4 is 17.8 Å². The SMILES string of the molecule is NC(=O)[C@@H](CCCN=C(N)N)N(CCCCCO)C(=O)C(c1ccccc1)c1ccccc1. The maximum Gasteiger partial charge on any atom is 0.240 e. The van der Waals surface area contributed by atoms with Crippen molar-refractivity contribution in [3.05, 3.63) is 71.8 Å². The summed E-state index contributed by atoms with van der Waals surface area (Å²) >= 11 is 0. The summed E-state index contributed by atoms with van der Waals surface area (Å²) in [6.45, 7) is 0.798. The molecule has 2 rings (SSSR count). The minimum Gasteiger partial charge on any atom is -0.396 e. The summed E-state index contributed by atoms with van der Waals surface area (Å²) in [5.41, 5.74) is 18.2. The molecule has 2 aromatic rings. The van der Waals surface area contributed by atoms with E-state index in [-0.39, 0.29) is 18.5 Å². The normalized spacial score (nSPS) is 11.7. The molecule has 0 bridgehead atoms. The van der Waals surface area contributed by atoms with Gasteiger partial charge in [0.15, 0.2) is 5.96 Å². The third-order valence-corrected chi connectivity index (χ3v) is 5.49. The Morgan fingerprint density at radius 2 is 1.42 bits per heavy atom. The van der Waals surface area contributed by atoms with E-state index < -0.39 is 17.9 Å². The van der Waals surface area contributed by atoms with Gasteiger partial charge in [0.25, 0.3) is 0 Å². The van der Waals surface area contributed by atoms with Crippen molar-refractivity contribution in [2.75, 3.05) is 19.7 Å². The van der Waals surface area contributed by atoms with Gasteiger partial charge in [0.1, 0.15) is 6.04 Å². The number of amides is 2. The molecule has 0 fully saturated rings. The molecule has 0 aliphatic carbocycles. The van der Waals surface area contributed by atoms with Crippen molar-refractivity contribution in [1.29, 1.82) is 0 Å². The lowest BCUT2D eigenvalue weighted by Gasteiger charge is -2.33. The molecule has 0 unspecified atom stereocenters. The molecule has 8 heteroatoms. The Balaban J connectivity index is 2.37. The van der Waals surface area contributed by atoms with Crippen LogP contribution in [0.25, 0.3) is 0 Å². The van der Waals surface area contributed by atoms with Crippen LogP contribution in [0.15, 0.2) is 65.7 Å². The maximum absolute atomic E-state index is 14.0. The van der Waals surface area contributed by atoms with Gasteiger partial charge in [0.2, 0.25) is 11.8 Å². The van der Waals surface area contributed by atoms with E-state index in [9.17, 15) is 9.59 Å². The number of guanidine groups is 1. The first-order chi connectivity index (χ1) is 16.0. The summed E-state index contributed by atoms with van der Waals surface area (Å²) in [4.78, 5) is 32.0. The molecule has 0 spiro atoms. The number of aliphatic imine (C=N–C) groups is 1. The van der Waals surface area contributed by atoms with Crippen molar-refractivity contribution in [3.63, 3.8) is 0 Å². The van der Waals surface area contributed by atoms with Crippen LogP contribution in [-0.4, -0.2) is 53.5 Å². The number of aliphatic hydroxyl groups is 1. The Bertz CT molecular complexity index is 846. The minimum atomic E-state index is -0.782. The summed E-state index contributed by atoms with van der Waals surface area (Å²) < 4.78 is 0. The predicted octanol–water partition coefficient (Wildman–Crippen LogP) is 1.72. The number of benzene rings is 2. The van der Waals surface area contributed by atoms with Gasteiger partial charge in [-0.2, -0.15) is 0 Å². The van der Waals surface area contributed by atoms with Gasteiger partial charge < -0.3 is 27.2 Å². The van der Waals surface area contributed by atoms with Gasteiger partial charge in [-0.3, -0.25) is 14.6 Å². The van der Waals surface area contributed by atoms with Crippen LogP contribution in [0.3, 0.4) is 0 Å². The Morgan fingerprint density at radius 3 is 1.91 bits per heavy atom. The summed E-state index contributed by atoms with van der Waals surface area (Å²) in [5.74, 6) is -1.32. The van der Waals surface area contributed by atoms with Crippen molar-refractivity contribution in [2.45, 2.75) is 44.1 Å². The number of rotatable bonds is 14. The summed E-state index contributed by atoms with van der Waals surface area (Å²) in [7, 11) is 0. The van der Waals surface area contributed by atoms with Crippen LogP contribution in [0, 0.1) is 0 Å². The van der Waals surface area contributed by atoms with Crippen molar-refractivity contribution in [2.24, 2.45) is 22.2 Å². The Hall–Kier alpha value is -3.39. The fourth-order valence-electron chi connectivity index (χ4n) is 3.87. The third kappa shape index (κ3) is 8.23. The van der Waals surface area contributed by atoms with Gasteiger partial charge >= 0.3 is 0 Å². The van der Waals surface area contributed by atoms with Crippen LogP contribution in [0.4, 0.5) is 0 Å². The van der Waals surface area contributed by atoms with E-state index in [0.29, 0.717) is 38.8 Å². The number of hydrogen-bond acceptors (Lipinski definition) is 4. The first kappa shape index (κ1) is 25.9. The van der Waals surface area contributed by atoms with Crippen molar-refractivity contribution in [1.82, 2.24) is 4.90 Å². The van der Waals surface area contributed by atoms with Gasteiger partial charge in [0.05, 0.1) is 5.92 Å². The number of primary amides is 1. The molecule has 2 amide bonds. The lowest BCUT2D eigenvalue weighted by atomic mass is 9.89. The van der Waals surface area contributed by atoms with E-state index in [4.69, 9.17) is 22.3 Å². The number of nitrogens with zero attached hydrogens (tertiary/aromatic N) is 2. The van der Waals surface area contributed by atoms with Gasteiger partial charge in [-0.1, -0.05) is 60.7 Å². The quantitative estimate of drug-likeness (QED) is 0.195. The molecule has 1 atom stereocenters. The highest BCUT2D eigenvalue weighted by atomic mass is 16.3. The minimum absolute atomic E-state index is 0.0178. The van der Waals surface area contributed by atoms with E-state index >= 15 is 0 Å². The molecule has 0 aromatic heterocycles. The van der Waals surface area contributed by atoms with Crippen LogP contribution in [-0.2, 0) is 9.59 Å². The second kappa shape index (κ2) is 13.9. The largest absolute Gasteiger partial charge is 0.396 e. The van der Waals surface area contributed by atoms with Gasteiger partial charge in [-0.15, -0.1) is 0 Å². The molecule has 0 aliphatic rings. The van der Waals surface area contributed by atoms with Crippen LogP contribution in [0.1, 0.15) is 49.1 Å². The monoisotopic (exact) mass is 453 g/mol. The predicted molar refractivity (Wildman–Crippen MR) is 130 cm³/mol. The van der Waals surface area contributed by atoms with Gasteiger partial charge in [0, 0.05) is 19.7 Å². The Morgan fingerprint density at radius 1 is 0.848 bits per heavy atom. The average Bonchev–Trinajstić information content (AvgIpc) is 2.81. The van der Waals surface area contributed by atoms with Crippen LogP contribution in [0.2, 0.25) is 0 Å². The number of unbranched alkanes of at least 4 members (excludes halogenated alkanes) is 2. The van der Waals surface area contributed by atoms with E-state index in [2.05, 4.69) is 4.99 Å². The molecule has 33 heavy (non-hydrogen) atoms. The zero-order valence-electron chi connectivity index (χ0n) is 19.0. The Kier molecular flexibility index (Phi) is 10.9. The third-order valence-electron chi connectivity index (χ3n) is 5.49. The molecule has 0 aliphatic heterocycles. The van der Waals surface area contributed by atoms with Crippen molar-refractivity contribution in [3.8, 4) is 0 Å². The number of nitrogens with two attached hydrogens (primary N) is 3. The fourth-order valence-corrected chi connectivity index (χ4v) is 3.87. The first-order valence-electron chi connectivity index (χ1n) is 11.3. The molecular formula is C25H35N5O3. The van der Waals surface area contributed by atoms with Gasteiger partial charge in [-0.25, -0.2) is 0 Å². The Labute approximate surface area is 195 Å². The summed E-state index contributed by atoms with van der Waals surface area (Å²) in [6, 6.07) is 18.3. The number of aliphatic hydroxyl groups excluding tert-OH is 1. The second-order valence-electron chi connectivity index (χ2n) is 7.94. The van der Waals surface area contributed by atoms with E-state index in [1.165, 1.54) is 0 Å². The zero-order chi connectivity index (χ0) is 24.1. The molecular weight excluding hydrogens is 418 g/mol. The molecule has 178 valence electrons. The van der Waals surface area contributed by atoms with Crippen LogP contribution < -0.4 is 17.2 Å². The summed E-state index contributed by atoms with van der Waals surface area (Å²) in [5, 5.41) is 9.12. The molecule has 0 saturated heterocycles. The number of hydrogen-bond donors (Lipinski definition) is 4. The molecule has 0 saturated carbocycles. The number of carbonyl (C=O) groups excluding carboxylic acids is 2. The maximum atomic E-state index is 14.0. The van der Waals surface area contributed by atoms with Gasteiger partial charge in [-0.05, 0) is 43.2 Å². The molecule has 7 N–H and O–H groups in total. The van der Waals surface area contributed by atoms with Crippen molar-refractivity contribution < 1.29 is 14.7 Å². The molecule has 0 radical (unpaired) electrons. The highest BCUT2D eigenvalue weighted by molar-refractivity contribution is 5.92. The topological polar surface area (TPSA) is 148 Å². The molecule has 2 aromatic carbocycles. The standard InChI is InChI=1S/C25H35N5O3/c26-23(32)21(15-10-16-29-25(27)28)30(17-8-3-9-18-31)24(33)22(19-11-4-1-5-12-19)20-13-6-2-7-14-20/h1-2,4-7,11-14,21-22,31H,3,8-10,15-18H2,(H2,26,32)(H4,27,28,29)/t21-/m1/s1. The lowest BCUT2D eigenvalue weighted by Crippen LogP contribution is -2.50. The van der Waals surface area contributed by atoms with E-state index in [1.807, 2.05) is 60.7 Å².